The van der Waals surface area contributed by atoms with E-state index in [2.05, 4.69) is 21.2 Å². The Morgan fingerprint density at radius 3 is 2.86 bits per heavy atom. The van der Waals surface area contributed by atoms with E-state index in [1.54, 1.807) is 18.2 Å². The van der Waals surface area contributed by atoms with Gasteiger partial charge in [0, 0.05) is 16.6 Å². The molecule has 2 aromatic carbocycles. The first-order valence-electron chi connectivity index (χ1n) is 6.68. The first-order chi connectivity index (χ1) is 10.1. The van der Waals surface area contributed by atoms with Gasteiger partial charge in [0.1, 0.15) is 0 Å². The number of aliphatic hydroxyl groups excluding tert-OH is 1. The first-order valence-corrected chi connectivity index (χ1v) is 7.47. The van der Waals surface area contributed by atoms with E-state index in [0.717, 1.165) is 11.1 Å². The number of amides is 1. The largest absolute Gasteiger partial charge is 0.399 e. The molecule has 0 radical (unpaired) electrons. The van der Waals surface area contributed by atoms with E-state index in [4.69, 9.17) is 5.73 Å². The van der Waals surface area contributed by atoms with Gasteiger partial charge < -0.3 is 16.2 Å². The van der Waals surface area contributed by atoms with Crippen molar-refractivity contribution in [1.82, 2.24) is 5.32 Å². The summed E-state index contributed by atoms with van der Waals surface area (Å²) in [6, 6.07) is 12.4. The molecular weight excluding hydrogens is 332 g/mol. The molecule has 0 saturated heterocycles. The summed E-state index contributed by atoms with van der Waals surface area (Å²) in [5.41, 5.74) is 8.76. The molecule has 0 aliphatic heterocycles. The van der Waals surface area contributed by atoms with E-state index in [0.29, 0.717) is 22.1 Å². The van der Waals surface area contributed by atoms with Crippen LogP contribution in [0.5, 0.6) is 0 Å². The van der Waals surface area contributed by atoms with Gasteiger partial charge in [-0.25, -0.2) is 0 Å². The van der Waals surface area contributed by atoms with E-state index in [1.807, 2.05) is 24.3 Å². The summed E-state index contributed by atoms with van der Waals surface area (Å²) in [7, 11) is 0. The molecule has 1 aliphatic rings. The third-order valence-corrected chi connectivity index (χ3v) is 4.42. The molecule has 1 aliphatic carbocycles. The number of halogens is 1. The van der Waals surface area contributed by atoms with Gasteiger partial charge in [0.25, 0.3) is 5.91 Å². The molecule has 2 atom stereocenters. The van der Waals surface area contributed by atoms with Crippen LogP contribution in [0.4, 0.5) is 5.69 Å². The van der Waals surface area contributed by atoms with Crippen molar-refractivity contribution < 1.29 is 9.90 Å². The van der Waals surface area contributed by atoms with Crippen molar-refractivity contribution in [2.75, 3.05) is 5.73 Å². The lowest BCUT2D eigenvalue weighted by Crippen LogP contribution is -2.34. The van der Waals surface area contributed by atoms with Crippen LogP contribution >= 0.6 is 15.9 Å². The summed E-state index contributed by atoms with van der Waals surface area (Å²) >= 11 is 3.35. The Kier molecular flexibility index (Phi) is 3.69. The number of aliphatic hydroxyl groups is 1. The van der Waals surface area contributed by atoms with Gasteiger partial charge in [0.05, 0.1) is 17.7 Å². The summed E-state index contributed by atoms with van der Waals surface area (Å²) in [4.78, 5) is 12.4. The van der Waals surface area contributed by atoms with Crippen molar-refractivity contribution in [3.63, 3.8) is 0 Å². The quantitative estimate of drug-likeness (QED) is 0.731. The van der Waals surface area contributed by atoms with Crippen LogP contribution < -0.4 is 11.1 Å². The van der Waals surface area contributed by atoms with Crippen molar-refractivity contribution in [3.05, 3.63) is 63.6 Å². The van der Waals surface area contributed by atoms with Crippen LogP contribution in [0.25, 0.3) is 0 Å². The molecule has 108 valence electrons. The fraction of sp³-hybridized carbons (Fsp3) is 0.188. The van der Waals surface area contributed by atoms with Crippen LogP contribution in [0.1, 0.15) is 27.5 Å². The van der Waals surface area contributed by atoms with Crippen LogP contribution in [0, 0.1) is 0 Å². The van der Waals surface area contributed by atoms with Crippen LogP contribution in [0.2, 0.25) is 0 Å². The zero-order valence-electron chi connectivity index (χ0n) is 11.2. The van der Waals surface area contributed by atoms with Crippen molar-refractivity contribution in [1.29, 1.82) is 0 Å². The predicted molar refractivity (Wildman–Crippen MR) is 84.9 cm³/mol. The number of benzene rings is 2. The number of rotatable bonds is 2. The molecule has 4 nitrogen and oxygen atoms in total. The highest BCUT2D eigenvalue weighted by Gasteiger charge is 2.32. The number of nitrogens with one attached hydrogen (secondary N) is 1. The number of carbonyl (C=O) groups is 1. The lowest BCUT2D eigenvalue weighted by molar-refractivity contribution is 0.0857. The van der Waals surface area contributed by atoms with Gasteiger partial charge in [0.2, 0.25) is 0 Å². The molecule has 4 N–H and O–H groups in total. The van der Waals surface area contributed by atoms with E-state index in [-0.39, 0.29) is 11.9 Å². The fourth-order valence-electron chi connectivity index (χ4n) is 2.68. The molecule has 3 rings (SSSR count). The zero-order valence-corrected chi connectivity index (χ0v) is 12.8. The Bertz CT molecular complexity index is 702. The number of hydrogen-bond donors (Lipinski definition) is 3. The SMILES string of the molecule is Nc1ccc(Br)c(C(=O)N[C@H]2c3ccccc3C[C@H]2O)c1. The molecule has 5 heteroatoms. The number of nitrogen functional groups attached to an aromatic ring is 1. The second-order valence-electron chi connectivity index (χ2n) is 5.16. The minimum Gasteiger partial charge on any atom is -0.399 e. The van der Waals surface area contributed by atoms with Crippen LogP contribution in [-0.2, 0) is 6.42 Å². The molecule has 1 amide bonds. The van der Waals surface area contributed by atoms with Crippen LogP contribution in [0.15, 0.2) is 46.9 Å². The Balaban J connectivity index is 1.87. The second kappa shape index (κ2) is 5.50. The molecule has 0 unspecified atom stereocenters. The van der Waals surface area contributed by atoms with E-state index < -0.39 is 6.10 Å². The Hall–Kier alpha value is -1.85. The van der Waals surface area contributed by atoms with Gasteiger partial charge >= 0.3 is 0 Å². The number of carbonyl (C=O) groups excluding carboxylic acids is 1. The van der Waals surface area contributed by atoms with Crippen molar-refractivity contribution in [3.8, 4) is 0 Å². The van der Waals surface area contributed by atoms with Gasteiger partial charge in [-0.05, 0) is 45.3 Å². The maximum atomic E-state index is 12.4. The fourth-order valence-corrected chi connectivity index (χ4v) is 3.11. The average molecular weight is 347 g/mol. The molecule has 0 aromatic heterocycles. The number of hydrogen-bond acceptors (Lipinski definition) is 3. The molecular formula is C16H15BrN2O2. The standard InChI is InChI=1S/C16H15BrN2O2/c17-13-6-5-10(18)8-12(13)16(21)19-15-11-4-2-1-3-9(11)7-14(15)20/h1-6,8,14-15,20H,7,18H2,(H,19,21)/t14-,15+/m1/s1. The van der Waals surface area contributed by atoms with E-state index in [1.165, 1.54) is 0 Å². The average Bonchev–Trinajstić information content (AvgIpc) is 2.78. The number of anilines is 1. The predicted octanol–water partition coefficient (Wildman–Crippen LogP) is 2.42. The Morgan fingerprint density at radius 1 is 1.29 bits per heavy atom. The van der Waals surface area contributed by atoms with Gasteiger partial charge in [0.15, 0.2) is 0 Å². The van der Waals surface area contributed by atoms with Gasteiger partial charge in [-0.1, -0.05) is 24.3 Å². The highest BCUT2D eigenvalue weighted by atomic mass is 79.9. The molecule has 0 spiro atoms. The third-order valence-electron chi connectivity index (χ3n) is 3.73. The number of fused-ring (bicyclic) bond motifs is 1. The molecule has 0 saturated carbocycles. The number of nitrogens with two attached hydrogens (primary N) is 1. The Morgan fingerprint density at radius 2 is 2.05 bits per heavy atom. The third kappa shape index (κ3) is 2.66. The molecule has 21 heavy (non-hydrogen) atoms. The highest BCUT2D eigenvalue weighted by Crippen LogP contribution is 2.32. The van der Waals surface area contributed by atoms with E-state index >= 15 is 0 Å². The summed E-state index contributed by atoms with van der Waals surface area (Å²) in [6.07, 6.45) is -0.0506. The molecule has 0 bridgehead atoms. The lowest BCUT2D eigenvalue weighted by Gasteiger charge is -2.18. The minimum atomic E-state index is -0.605. The van der Waals surface area contributed by atoms with Crippen molar-refractivity contribution in [2.45, 2.75) is 18.6 Å². The van der Waals surface area contributed by atoms with Crippen LogP contribution in [-0.4, -0.2) is 17.1 Å². The molecule has 0 heterocycles. The maximum absolute atomic E-state index is 12.4. The molecule has 0 fully saturated rings. The minimum absolute atomic E-state index is 0.255. The second-order valence-corrected chi connectivity index (χ2v) is 6.02. The van der Waals surface area contributed by atoms with Crippen LogP contribution in [0.3, 0.4) is 0 Å². The maximum Gasteiger partial charge on any atom is 0.253 e. The Labute approximate surface area is 131 Å². The topological polar surface area (TPSA) is 75.4 Å². The smallest absolute Gasteiger partial charge is 0.253 e. The summed E-state index contributed by atoms with van der Waals surface area (Å²) < 4.78 is 0.676. The van der Waals surface area contributed by atoms with Gasteiger partial charge in [-0.2, -0.15) is 0 Å². The van der Waals surface area contributed by atoms with Gasteiger partial charge in [-0.3, -0.25) is 4.79 Å². The van der Waals surface area contributed by atoms with Gasteiger partial charge in [-0.15, -0.1) is 0 Å². The summed E-state index contributed by atoms with van der Waals surface area (Å²) in [6.45, 7) is 0. The van der Waals surface area contributed by atoms with Crippen molar-refractivity contribution in [2.24, 2.45) is 0 Å². The lowest BCUT2D eigenvalue weighted by atomic mass is 10.1. The van der Waals surface area contributed by atoms with Crippen molar-refractivity contribution >= 4 is 27.5 Å². The first kappa shape index (κ1) is 14.1. The monoisotopic (exact) mass is 346 g/mol. The highest BCUT2D eigenvalue weighted by molar-refractivity contribution is 9.10. The zero-order chi connectivity index (χ0) is 15.0. The summed E-state index contributed by atoms with van der Waals surface area (Å²) in [5.74, 6) is -0.255. The van der Waals surface area contributed by atoms with E-state index in [9.17, 15) is 9.90 Å². The normalized spacial score (nSPS) is 20.1. The molecule has 2 aromatic rings. The summed E-state index contributed by atoms with van der Waals surface area (Å²) in [5, 5.41) is 13.1.